The van der Waals surface area contributed by atoms with Crippen LogP contribution in [0.25, 0.3) is 21.9 Å². The molecule has 0 spiro atoms. The SMILES string of the molecule is COc1ccc(C(C)(C)C)cc1NC(=O)Nc1ccc(-c2ccc(CNC3CCOC3)nc2)c2ccccc12. The zero-order chi connectivity index (χ0) is 27.4. The number of ether oxygens (including phenoxy) is 2. The second-order valence-corrected chi connectivity index (χ2v) is 10.9. The van der Waals surface area contributed by atoms with Crippen molar-refractivity contribution < 1.29 is 14.3 Å². The lowest BCUT2D eigenvalue weighted by molar-refractivity contribution is 0.189. The van der Waals surface area contributed by atoms with Gasteiger partial charge in [0.25, 0.3) is 0 Å². The third-order valence-electron chi connectivity index (χ3n) is 7.12. The van der Waals surface area contributed by atoms with Crippen LogP contribution in [0.5, 0.6) is 5.75 Å². The number of fused-ring (bicyclic) bond motifs is 1. The number of pyridine rings is 1. The highest BCUT2D eigenvalue weighted by Gasteiger charge is 2.18. The van der Waals surface area contributed by atoms with E-state index < -0.39 is 0 Å². The normalized spacial score (nSPS) is 15.3. The summed E-state index contributed by atoms with van der Waals surface area (Å²) in [6.45, 7) is 8.71. The summed E-state index contributed by atoms with van der Waals surface area (Å²) in [7, 11) is 1.60. The molecule has 0 bridgehead atoms. The number of methoxy groups -OCH3 is 1. The average Bonchev–Trinajstić information content (AvgIpc) is 3.46. The Labute approximate surface area is 229 Å². The van der Waals surface area contributed by atoms with Gasteiger partial charge in [-0.3, -0.25) is 4.98 Å². The van der Waals surface area contributed by atoms with E-state index in [2.05, 4.69) is 59.9 Å². The van der Waals surface area contributed by atoms with Crippen molar-refractivity contribution in [1.29, 1.82) is 0 Å². The van der Waals surface area contributed by atoms with Gasteiger partial charge in [0.15, 0.2) is 0 Å². The van der Waals surface area contributed by atoms with Crippen LogP contribution < -0.4 is 20.7 Å². The van der Waals surface area contributed by atoms with Gasteiger partial charge in [0.2, 0.25) is 0 Å². The summed E-state index contributed by atoms with van der Waals surface area (Å²) in [6.07, 6.45) is 2.96. The maximum Gasteiger partial charge on any atom is 0.323 e. The predicted molar refractivity (Wildman–Crippen MR) is 158 cm³/mol. The topological polar surface area (TPSA) is 84.5 Å². The van der Waals surface area contributed by atoms with Gasteiger partial charge >= 0.3 is 6.03 Å². The molecule has 1 aliphatic rings. The van der Waals surface area contributed by atoms with E-state index in [1.165, 1.54) is 0 Å². The van der Waals surface area contributed by atoms with Crippen molar-refractivity contribution in [2.45, 2.75) is 45.2 Å². The quantitative estimate of drug-likeness (QED) is 0.250. The lowest BCUT2D eigenvalue weighted by atomic mass is 9.87. The number of anilines is 2. The largest absolute Gasteiger partial charge is 0.495 e. The molecule has 7 heteroatoms. The maximum atomic E-state index is 13.1. The summed E-state index contributed by atoms with van der Waals surface area (Å²) >= 11 is 0. The number of hydrogen-bond acceptors (Lipinski definition) is 5. The highest BCUT2D eigenvalue weighted by molar-refractivity contribution is 6.10. The number of rotatable bonds is 7. The van der Waals surface area contributed by atoms with Gasteiger partial charge in [-0.05, 0) is 52.6 Å². The number of aromatic nitrogens is 1. The summed E-state index contributed by atoms with van der Waals surface area (Å²) in [6, 6.07) is 22.2. The Balaban J connectivity index is 1.35. The van der Waals surface area contributed by atoms with Crippen LogP contribution in [0.2, 0.25) is 0 Å². The third kappa shape index (κ3) is 6.21. The van der Waals surface area contributed by atoms with Gasteiger partial charge in [-0.15, -0.1) is 0 Å². The monoisotopic (exact) mass is 524 g/mol. The molecule has 3 N–H and O–H groups in total. The van der Waals surface area contributed by atoms with Crippen molar-refractivity contribution in [1.82, 2.24) is 10.3 Å². The molecule has 1 aromatic heterocycles. The first-order chi connectivity index (χ1) is 18.8. The van der Waals surface area contributed by atoms with Crippen LogP contribution in [-0.4, -0.2) is 37.4 Å². The van der Waals surface area contributed by atoms with Gasteiger partial charge in [0, 0.05) is 36.3 Å². The van der Waals surface area contributed by atoms with E-state index in [9.17, 15) is 4.79 Å². The molecule has 0 saturated carbocycles. The molecule has 0 radical (unpaired) electrons. The number of nitrogens with zero attached hydrogens (tertiary/aromatic N) is 1. The minimum Gasteiger partial charge on any atom is -0.495 e. The predicted octanol–water partition coefficient (Wildman–Crippen LogP) is 6.73. The molecule has 1 aliphatic heterocycles. The molecule has 3 aromatic carbocycles. The lowest BCUT2D eigenvalue weighted by Gasteiger charge is -2.21. The van der Waals surface area contributed by atoms with E-state index in [0.29, 0.717) is 17.5 Å². The first-order valence-electron chi connectivity index (χ1n) is 13.4. The van der Waals surface area contributed by atoms with Crippen molar-refractivity contribution in [3.63, 3.8) is 0 Å². The molecule has 7 nitrogen and oxygen atoms in total. The van der Waals surface area contributed by atoms with Crippen LogP contribution >= 0.6 is 0 Å². The van der Waals surface area contributed by atoms with Gasteiger partial charge in [-0.2, -0.15) is 0 Å². The fourth-order valence-electron chi connectivity index (χ4n) is 4.84. The number of carbonyl (C=O) groups is 1. The molecule has 39 heavy (non-hydrogen) atoms. The first-order valence-corrected chi connectivity index (χ1v) is 13.4. The van der Waals surface area contributed by atoms with Crippen molar-refractivity contribution in [2.24, 2.45) is 0 Å². The first kappa shape index (κ1) is 26.7. The number of hydrogen-bond donors (Lipinski definition) is 3. The molecule has 1 atom stereocenters. The average molecular weight is 525 g/mol. The minimum atomic E-state index is -0.330. The lowest BCUT2D eigenvalue weighted by Crippen LogP contribution is -2.28. The number of carbonyl (C=O) groups excluding carboxylic acids is 1. The fourth-order valence-corrected chi connectivity index (χ4v) is 4.84. The molecule has 202 valence electrons. The molecular formula is C32H36N4O3. The van der Waals surface area contributed by atoms with E-state index in [4.69, 9.17) is 9.47 Å². The van der Waals surface area contributed by atoms with Crippen LogP contribution in [-0.2, 0) is 16.7 Å². The Morgan fingerprint density at radius 2 is 1.79 bits per heavy atom. The Bertz CT molecular complexity index is 1460. The molecule has 0 aliphatic carbocycles. The van der Waals surface area contributed by atoms with Gasteiger partial charge in [0.05, 0.1) is 30.8 Å². The van der Waals surface area contributed by atoms with E-state index in [1.54, 1.807) is 7.11 Å². The van der Waals surface area contributed by atoms with E-state index in [0.717, 1.165) is 65.0 Å². The molecule has 2 amide bonds. The number of benzene rings is 3. The van der Waals surface area contributed by atoms with Crippen LogP contribution in [0.4, 0.5) is 16.2 Å². The zero-order valence-electron chi connectivity index (χ0n) is 23.0. The number of nitrogens with one attached hydrogen (secondary N) is 3. The molecule has 4 aromatic rings. The fraction of sp³-hybridized carbons (Fsp3) is 0.312. The third-order valence-corrected chi connectivity index (χ3v) is 7.12. The Morgan fingerprint density at radius 1 is 1.00 bits per heavy atom. The zero-order valence-corrected chi connectivity index (χ0v) is 23.0. The van der Waals surface area contributed by atoms with Gasteiger partial charge < -0.3 is 25.4 Å². The summed E-state index contributed by atoms with van der Waals surface area (Å²) in [5.41, 5.74) is 5.49. The Kier molecular flexibility index (Phi) is 7.82. The molecule has 1 fully saturated rings. The van der Waals surface area contributed by atoms with Crippen LogP contribution in [0.3, 0.4) is 0 Å². The van der Waals surface area contributed by atoms with Gasteiger partial charge in [-0.25, -0.2) is 4.79 Å². The van der Waals surface area contributed by atoms with E-state index in [1.807, 2.05) is 54.7 Å². The van der Waals surface area contributed by atoms with E-state index >= 15 is 0 Å². The molecule has 1 saturated heterocycles. The van der Waals surface area contributed by atoms with Gasteiger partial charge in [0.1, 0.15) is 5.75 Å². The summed E-state index contributed by atoms with van der Waals surface area (Å²) in [5.74, 6) is 0.612. The number of amides is 2. The smallest absolute Gasteiger partial charge is 0.323 e. The maximum absolute atomic E-state index is 13.1. The van der Waals surface area contributed by atoms with Gasteiger partial charge in [-0.1, -0.05) is 63.2 Å². The second kappa shape index (κ2) is 11.4. The highest BCUT2D eigenvalue weighted by atomic mass is 16.5. The molecule has 1 unspecified atom stereocenters. The Hall–Kier alpha value is -3.94. The van der Waals surface area contributed by atoms with Crippen molar-refractivity contribution in [2.75, 3.05) is 31.0 Å². The second-order valence-electron chi connectivity index (χ2n) is 10.9. The standard InChI is InChI=1S/C32H36N4O3/c1-32(2,3)22-10-14-30(38-4)29(17-22)36-31(37)35-28-13-12-25(26-7-5-6-8-27(26)28)21-9-11-23(33-18-21)19-34-24-15-16-39-20-24/h5-14,17-18,24,34H,15-16,19-20H2,1-4H3,(H2,35,36,37). The van der Waals surface area contributed by atoms with Crippen LogP contribution in [0.15, 0.2) is 72.9 Å². The van der Waals surface area contributed by atoms with Crippen molar-refractivity contribution >= 4 is 28.2 Å². The Morgan fingerprint density at radius 3 is 2.49 bits per heavy atom. The number of urea groups is 1. The van der Waals surface area contributed by atoms with Crippen molar-refractivity contribution in [3.05, 3.63) is 84.2 Å². The molecule has 2 heterocycles. The summed E-state index contributed by atoms with van der Waals surface area (Å²) < 4.78 is 10.9. The highest BCUT2D eigenvalue weighted by Crippen LogP contribution is 2.34. The molecular weight excluding hydrogens is 488 g/mol. The van der Waals surface area contributed by atoms with Crippen molar-refractivity contribution in [3.8, 4) is 16.9 Å². The van der Waals surface area contributed by atoms with Crippen LogP contribution in [0, 0.1) is 0 Å². The van der Waals surface area contributed by atoms with Crippen LogP contribution in [0.1, 0.15) is 38.4 Å². The summed E-state index contributed by atoms with van der Waals surface area (Å²) in [5, 5.41) is 11.5. The molecule has 5 rings (SSSR count). The summed E-state index contributed by atoms with van der Waals surface area (Å²) in [4.78, 5) is 17.8. The minimum absolute atomic E-state index is 0.0559. The van der Waals surface area contributed by atoms with E-state index in [-0.39, 0.29) is 11.4 Å².